The van der Waals surface area contributed by atoms with Crippen molar-refractivity contribution < 1.29 is 55.1 Å². The quantitative estimate of drug-likeness (QED) is 0.0651. The Bertz CT molecular complexity index is 2080. The van der Waals surface area contributed by atoms with E-state index in [1.807, 2.05) is 9.97 Å². The number of benzene rings is 2. The summed E-state index contributed by atoms with van der Waals surface area (Å²) < 4.78 is 16.6. The van der Waals surface area contributed by atoms with Crippen molar-refractivity contribution in [2.45, 2.75) is 61.0 Å². The molecule has 6 rings (SSSR count). The summed E-state index contributed by atoms with van der Waals surface area (Å²) in [5.74, 6) is -1.84. The third-order valence-electron chi connectivity index (χ3n) is 8.93. The Hall–Kier alpha value is -5.20. The fourth-order valence-electron chi connectivity index (χ4n) is 6.32. The number of nitrogens with zero attached hydrogens (tertiary/aromatic N) is 1. The molecule has 2 aromatic heterocycles. The summed E-state index contributed by atoms with van der Waals surface area (Å²) in [5.41, 5.74) is 1.04. The Morgan fingerprint density at radius 1 is 0.755 bits per heavy atom. The van der Waals surface area contributed by atoms with Crippen LogP contribution in [0.25, 0.3) is 0 Å². The van der Waals surface area contributed by atoms with Crippen LogP contribution in [0.2, 0.25) is 0 Å². The lowest BCUT2D eigenvalue weighted by Crippen LogP contribution is -2.61. The van der Waals surface area contributed by atoms with Crippen LogP contribution < -0.4 is 37.9 Å². The Balaban J connectivity index is 1.42. The maximum absolute atomic E-state index is 13.6. The Morgan fingerprint density at radius 3 is 1.79 bits per heavy atom. The molecule has 21 heteroatoms. The molecule has 1 fully saturated rings. The van der Waals surface area contributed by atoms with Gasteiger partial charge in [0.2, 0.25) is 0 Å². The van der Waals surface area contributed by atoms with Crippen molar-refractivity contribution in [1.82, 2.24) is 19.9 Å². The first kappa shape index (κ1) is 37.6. The molecule has 0 aliphatic carbocycles. The van der Waals surface area contributed by atoms with Gasteiger partial charge < -0.3 is 60.8 Å². The highest BCUT2D eigenvalue weighted by molar-refractivity contribution is 5.80. The SMILES string of the molecule is Nc1ccc(Oc2ccc(N3c4[nH]c(=O)[nH]c(=O)c4C([C@@H](O)[C@H](O)[C@H](O[C@@H]4O[C@H](CO)[C@@H](O)[C@H](O)[C@H]4O)[C@H](O)CO)c4c3[nH]c(=O)[nH]c4=O)cc2)cc1. The second kappa shape index (κ2) is 15.0. The van der Waals surface area contributed by atoms with Crippen molar-refractivity contribution in [3.05, 3.63) is 101 Å². The zero-order valence-electron chi connectivity index (χ0n) is 27.3. The number of hydrogen-bond donors (Lipinski definition) is 13. The number of hydrogen-bond acceptors (Lipinski definition) is 17. The third-order valence-corrected chi connectivity index (χ3v) is 8.93. The van der Waals surface area contributed by atoms with Crippen LogP contribution in [-0.4, -0.2) is 129 Å². The van der Waals surface area contributed by atoms with Crippen molar-refractivity contribution in [3.8, 4) is 11.5 Å². The molecule has 0 amide bonds. The van der Waals surface area contributed by atoms with Gasteiger partial charge in [-0.25, -0.2) is 9.59 Å². The predicted molar refractivity (Wildman–Crippen MR) is 180 cm³/mol. The summed E-state index contributed by atoms with van der Waals surface area (Å²) in [6.07, 6.45) is -18.2. The molecule has 0 radical (unpaired) electrons. The molecule has 21 nitrogen and oxygen atoms in total. The summed E-state index contributed by atoms with van der Waals surface area (Å²) in [4.78, 5) is 62.5. The normalized spacial score (nSPS) is 23.8. The minimum atomic E-state index is -2.39. The van der Waals surface area contributed by atoms with E-state index in [4.69, 9.17) is 19.9 Å². The maximum Gasteiger partial charge on any atom is 0.327 e. The fourth-order valence-corrected chi connectivity index (χ4v) is 6.32. The third kappa shape index (κ3) is 7.13. The number of H-pyrrole nitrogens is 4. The Kier molecular flexibility index (Phi) is 10.7. The number of aromatic amines is 4. The van der Waals surface area contributed by atoms with E-state index in [1.165, 1.54) is 24.3 Å². The first-order chi connectivity index (χ1) is 25.2. The van der Waals surface area contributed by atoms with Crippen LogP contribution in [0.3, 0.4) is 0 Å². The van der Waals surface area contributed by atoms with Crippen LogP contribution in [0.15, 0.2) is 67.7 Å². The topological polar surface area (TPSA) is 350 Å². The Morgan fingerprint density at radius 2 is 1.28 bits per heavy atom. The molecule has 0 spiro atoms. The molecule has 2 aromatic carbocycles. The van der Waals surface area contributed by atoms with Gasteiger partial charge >= 0.3 is 11.4 Å². The van der Waals surface area contributed by atoms with E-state index in [2.05, 4.69) is 9.97 Å². The molecule has 14 N–H and O–H groups in total. The lowest BCUT2D eigenvalue weighted by molar-refractivity contribution is -0.327. The van der Waals surface area contributed by atoms with Crippen molar-refractivity contribution in [3.63, 3.8) is 0 Å². The number of anilines is 4. The van der Waals surface area contributed by atoms with Crippen LogP contribution in [0.5, 0.6) is 11.5 Å². The van der Waals surface area contributed by atoms with E-state index < -0.39 is 108 Å². The molecule has 53 heavy (non-hydrogen) atoms. The monoisotopic (exact) mass is 744 g/mol. The number of fused-ring (bicyclic) bond motifs is 2. The smallest absolute Gasteiger partial charge is 0.327 e. The van der Waals surface area contributed by atoms with E-state index >= 15 is 0 Å². The molecule has 1 saturated heterocycles. The number of rotatable bonds is 11. The number of nitrogens with one attached hydrogen (secondary N) is 4. The summed E-state index contributed by atoms with van der Waals surface area (Å²) in [5, 5.41) is 84.2. The molecular weight excluding hydrogens is 708 g/mol. The standard InChI is InChI=1S/C32H36N6O15/c33-11-1-5-13(6-2-11)51-14-7-3-12(4-8-14)38-26-18(28(47)36-31(49)34-26)17(19-27(38)35-32(50)37-29(19)48)21(43)23(45)25(15(41)9-39)53-30-24(46)22(44)20(42)16(10-40)52-30/h1-8,15-17,20-25,30,39-46H,9-10,33H2,(H2,34,36,47,49)(H2,35,37,48,50)/t15-,16-,20-,21-,22+,23+,24-,25-,30+/m1/s1. The fraction of sp³-hybridized carbons (Fsp3) is 0.375. The van der Waals surface area contributed by atoms with Crippen molar-refractivity contribution >= 4 is 23.0 Å². The average Bonchev–Trinajstić information content (AvgIpc) is 3.13. The number of ether oxygens (including phenoxy) is 3. The average molecular weight is 745 g/mol. The van der Waals surface area contributed by atoms with E-state index in [9.17, 15) is 60.0 Å². The van der Waals surface area contributed by atoms with Crippen molar-refractivity contribution in [2.75, 3.05) is 23.8 Å². The molecular formula is C32H36N6O15. The van der Waals surface area contributed by atoms with Crippen LogP contribution in [0.1, 0.15) is 17.0 Å². The number of aromatic nitrogens is 4. The molecule has 284 valence electrons. The highest BCUT2D eigenvalue weighted by Gasteiger charge is 2.50. The van der Waals surface area contributed by atoms with E-state index in [-0.39, 0.29) is 17.3 Å². The largest absolute Gasteiger partial charge is 0.457 e. The number of aliphatic hydroxyl groups excluding tert-OH is 8. The highest BCUT2D eigenvalue weighted by atomic mass is 16.7. The highest BCUT2D eigenvalue weighted by Crippen LogP contribution is 2.46. The van der Waals surface area contributed by atoms with Gasteiger partial charge in [0.15, 0.2) is 6.29 Å². The molecule has 2 aliphatic rings. The molecule has 4 aromatic rings. The molecule has 2 aliphatic heterocycles. The summed E-state index contributed by atoms with van der Waals surface area (Å²) >= 11 is 0. The second-order valence-corrected chi connectivity index (χ2v) is 12.3. The zero-order valence-corrected chi connectivity index (χ0v) is 27.3. The minimum Gasteiger partial charge on any atom is -0.457 e. The maximum atomic E-state index is 13.6. The number of aliphatic hydroxyl groups is 8. The van der Waals surface area contributed by atoms with E-state index in [0.717, 1.165) is 4.90 Å². The summed E-state index contributed by atoms with van der Waals surface area (Å²) in [6, 6.07) is 12.5. The second-order valence-electron chi connectivity index (χ2n) is 12.3. The van der Waals surface area contributed by atoms with Gasteiger partial charge in [0.1, 0.15) is 65.9 Å². The first-order valence-electron chi connectivity index (χ1n) is 16.0. The predicted octanol–water partition coefficient (Wildman–Crippen LogP) is -4.01. The van der Waals surface area contributed by atoms with Crippen molar-refractivity contribution in [2.24, 2.45) is 0 Å². The van der Waals surface area contributed by atoms with Crippen LogP contribution in [0, 0.1) is 0 Å². The van der Waals surface area contributed by atoms with Gasteiger partial charge in [-0.3, -0.25) is 34.4 Å². The first-order valence-corrected chi connectivity index (χ1v) is 16.0. The molecule has 0 unspecified atom stereocenters. The van der Waals surface area contributed by atoms with Crippen LogP contribution in [-0.2, 0) is 9.47 Å². The number of nitrogens with two attached hydrogens (primary N) is 1. The van der Waals surface area contributed by atoms with Gasteiger partial charge in [0.05, 0.1) is 36.4 Å². The lowest BCUT2D eigenvalue weighted by atomic mass is 9.81. The van der Waals surface area contributed by atoms with Gasteiger partial charge in [0.25, 0.3) is 11.1 Å². The summed E-state index contributed by atoms with van der Waals surface area (Å²) in [7, 11) is 0. The van der Waals surface area contributed by atoms with Gasteiger partial charge in [-0.15, -0.1) is 0 Å². The zero-order chi connectivity index (χ0) is 38.3. The summed E-state index contributed by atoms with van der Waals surface area (Å²) in [6.45, 7) is -1.99. The molecule has 9 atom stereocenters. The molecule has 0 bridgehead atoms. The van der Waals surface area contributed by atoms with Gasteiger partial charge in [-0.1, -0.05) is 0 Å². The minimum absolute atomic E-state index is 0.160. The Labute approximate surface area is 295 Å². The van der Waals surface area contributed by atoms with Crippen LogP contribution in [0.4, 0.5) is 23.0 Å². The van der Waals surface area contributed by atoms with Gasteiger partial charge in [-0.05, 0) is 48.5 Å². The van der Waals surface area contributed by atoms with Crippen molar-refractivity contribution in [1.29, 1.82) is 0 Å². The number of nitrogen functional groups attached to an aromatic ring is 1. The van der Waals surface area contributed by atoms with Gasteiger partial charge in [0, 0.05) is 11.4 Å². The van der Waals surface area contributed by atoms with E-state index in [0.29, 0.717) is 17.2 Å². The van der Waals surface area contributed by atoms with E-state index in [1.54, 1.807) is 24.3 Å². The molecule has 0 saturated carbocycles. The molecule has 4 heterocycles. The lowest BCUT2D eigenvalue weighted by Gasteiger charge is -2.43. The van der Waals surface area contributed by atoms with Gasteiger partial charge in [-0.2, -0.15) is 0 Å². The van der Waals surface area contributed by atoms with Crippen LogP contribution >= 0.6 is 0 Å².